The number of benzene rings is 1. The van der Waals surface area contributed by atoms with E-state index >= 15 is 0 Å². The second kappa shape index (κ2) is 5.14. The van der Waals surface area contributed by atoms with Crippen LogP contribution >= 0.6 is 0 Å². The molecule has 16 heavy (non-hydrogen) atoms. The molecule has 1 rings (SSSR count). The summed E-state index contributed by atoms with van der Waals surface area (Å²) in [6.07, 6.45) is 0. The van der Waals surface area contributed by atoms with Crippen LogP contribution in [0, 0.1) is 18.3 Å². The van der Waals surface area contributed by atoms with Crippen LogP contribution in [0.2, 0.25) is 0 Å². The molecule has 1 atom stereocenters. The summed E-state index contributed by atoms with van der Waals surface area (Å²) in [4.78, 5) is 10.5. The molecular formula is C11H13N3O2. The Bertz CT molecular complexity index is 437. The van der Waals surface area contributed by atoms with Gasteiger partial charge in [-0.15, -0.1) is 0 Å². The van der Waals surface area contributed by atoms with Gasteiger partial charge >= 0.3 is 5.97 Å². The van der Waals surface area contributed by atoms with Crippen molar-refractivity contribution in [1.82, 2.24) is 0 Å². The van der Waals surface area contributed by atoms with Crippen molar-refractivity contribution in [3.63, 3.8) is 0 Å². The fourth-order valence-electron chi connectivity index (χ4n) is 1.19. The number of aliphatic carboxylic acids is 1. The molecule has 5 heteroatoms. The maximum atomic E-state index is 10.5. The minimum Gasteiger partial charge on any atom is -0.480 e. The molecule has 0 amide bonds. The van der Waals surface area contributed by atoms with Gasteiger partial charge in [-0.05, 0) is 24.6 Å². The van der Waals surface area contributed by atoms with Gasteiger partial charge in [-0.1, -0.05) is 6.07 Å². The molecule has 84 valence electrons. The summed E-state index contributed by atoms with van der Waals surface area (Å²) >= 11 is 0. The maximum absolute atomic E-state index is 10.5. The number of hydrogen-bond donors (Lipinski definition) is 3. The molecule has 0 heterocycles. The number of nitriles is 1. The highest BCUT2D eigenvalue weighted by Gasteiger charge is 2.11. The number of carboxylic acids is 1. The molecule has 0 aliphatic carbocycles. The minimum atomic E-state index is -1.05. The van der Waals surface area contributed by atoms with E-state index in [1.807, 2.05) is 13.0 Å². The molecule has 0 aromatic heterocycles. The summed E-state index contributed by atoms with van der Waals surface area (Å²) in [5.74, 6) is -1.05. The van der Waals surface area contributed by atoms with E-state index in [-0.39, 0.29) is 6.54 Å². The third kappa shape index (κ3) is 2.97. The van der Waals surface area contributed by atoms with Crippen molar-refractivity contribution in [3.05, 3.63) is 29.3 Å². The summed E-state index contributed by atoms with van der Waals surface area (Å²) in [7, 11) is 0. The Balaban J connectivity index is 2.74. The number of carboxylic acid groups (broad SMARTS) is 1. The fraction of sp³-hybridized carbons (Fsp3) is 0.273. The van der Waals surface area contributed by atoms with Crippen molar-refractivity contribution in [3.8, 4) is 6.07 Å². The highest BCUT2D eigenvalue weighted by Crippen LogP contribution is 2.16. The number of rotatable bonds is 4. The number of nitrogens with one attached hydrogen (secondary N) is 1. The molecule has 1 unspecified atom stereocenters. The molecule has 1 aromatic carbocycles. The summed E-state index contributed by atoms with van der Waals surface area (Å²) in [5, 5.41) is 20.2. The summed E-state index contributed by atoms with van der Waals surface area (Å²) < 4.78 is 0. The van der Waals surface area contributed by atoms with E-state index in [2.05, 4.69) is 5.32 Å². The zero-order valence-electron chi connectivity index (χ0n) is 8.90. The third-order valence-corrected chi connectivity index (χ3v) is 2.20. The monoisotopic (exact) mass is 219 g/mol. The smallest absolute Gasteiger partial charge is 0.322 e. The largest absolute Gasteiger partial charge is 0.480 e. The van der Waals surface area contributed by atoms with Gasteiger partial charge in [0, 0.05) is 12.2 Å². The van der Waals surface area contributed by atoms with E-state index in [4.69, 9.17) is 16.1 Å². The van der Waals surface area contributed by atoms with Gasteiger partial charge < -0.3 is 16.2 Å². The molecule has 4 N–H and O–H groups in total. The SMILES string of the molecule is Cc1ccc(C#N)cc1NCC(N)C(=O)O. The van der Waals surface area contributed by atoms with Gasteiger partial charge in [0.05, 0.1) is 11.6 Å². The van der Waals surface area contributed by atoms with Gasteiger partial charge in [0.2, 0.25) is 0 Å². The van der Waals surface area contributed by atoms with Crippen molar-refractivity contribution in [2.75, 3.05) is 11.9 Å². The Morgan fingerprint density at radius 1 is 1.69 bits per heavy atom. The van der Waals surface area contributed by atoms with Gasteiger partial charge in [-0.2, -0.15) is 5.26 Å². The average Bonchev–Trinajstić information content (AvgIpc) is 2.27. The van der Waals surface area contributed by atoms with Crippen molar-refractivity contribution in [2.45, 2.75) is 13.0 Å². The van der Waals surface area contributed by atoms with Crippen LogP contribution < -0.4 is 11.1 Å². The number of hydrogen-bond acceptors (Lipinski definition) is 4. The zero-order valence-corrected chi connectivity index (χ0v) is 8.90. The van der Waals surface area contributed by atoms with Crippen molar-refractivity contribution < 1.29 is 9.90 Å². The Hall–Kier alpha value is -2.06. The van der Waals surface area contributed by atoms with E-state index in [0.29, 0.717) is 5.56 Å². The standard InChI is InChI=1S/C11H13N3O2/c1-7-2-3-8(5-12)4-10(7)14-6-9(13)11(15)16/h2-4,9,14H,6,13H2,1H3,(H,15,16). The van der Waals surface area contributed by atoms with Gasteiger partial charge in [-0.3, -0.25) is 4.79 Å². The van der Waals surface area contributed by atoms with Crippen LogP contribution in [0.1, 0.15) is 11.1 Å². The highest BCUT2D eigenvalue weighted by molar-refractivity contribution is 5.74. The van der Waals surface area contributed by atoms with E-state index in [9.17, 15) is 4.79 Å². The first-order valence-corrected chi connectivity index (χ1v) is 4.77. The first-order chi connectivity index (χ1) is 7.54. The third-order valence-electron chi connectivity index (χ3n) is 2.20. The molecule has 0 fully saturated rings. The Morgan fingerprint density at radius 3 is 2.94 bits per heavy atom. The predicted molar refractivity (Wildman–Crippen MR) is 60.0 cm³/mol. The van der Waals surface area contributed by atoms with Gasteiger partial charge in [-0.25, -0.2) is 0 Å². The van der Waals surface area contributed by atoms with E-state index in [0.717, 1.165) is 11.3 Å². The van der Waals surface area contributed by atoms with Crippen LogP contribution in [0.15, 0.2) is 18.2 Å². The van der Waals surface area contributed by atoms with Crippen LogP contribution in [0.5, 0.6) is 0 Å². The molecule has 5 nitrogen and oxygen atoms in total. The number of carbonyl (C=O) groups is 1. The highest BCUT2D eigenvalue weighted by atomic mass is 16.4. The molecular weight excluding hydrogens is 206 g/mol. The first-order valence-electron chi connectivity index (χ1n) is 4.77. The normalized spacial score (nSPS) is 11.6. The second-order valence-corrected chi connectivity index (χ2v) is 3.47. The minimum absolute atomic E-state index is 0.130. The molecule has 0 spiro atoms. The van der Waals surface area contributed by atoms with Crippen molar-refractivity contribution in [2.24, 2.45) is 5.73 Å². The van der Waals surface area contributed by atoms with Crippen LogP contribution in [-0.4, -0.2) is 23.7 Å². The Labute approximate surface area is 93.5 Å². The summed E-state index contributed by atoms with van der Waals surface area (Å²) in [5.41, 5.74) is 7.56. The Morgan fingerprint density at radius 2 is 2.38 bits per heavy atom. The lowest BCUT2D eigenvalue weighted by Gasteiger charge is -2.12. The molecule has 0 saturated carbocycles. The fourth-order valence-corrected chi connectivity index (χ4v) is 1.19. The second-order valence-electron chi connectivity index (χ2n) is 3.47. The number of nitrogens with zero attached hydrogens (tertiary/aromatic N) is 1. The lowest BCUT2D eigenvalue weighted by molar-refractivity contribution is -0.138. The van der Waals surface area contributed by atoms with Gasteiger partial charge in [0.1, 0.15) is 6.04 Å². The number of anilines is 1. The molecule has 0 saturated heterocycles. The quantitative estimate of drug-likeness (QED) is 0.692. The summed E-state index contributed by atoms with van der Waals surface area (Å²) in [6, 6.07) is 6.24. The molecule has 0 bridgehead atoms. The van der Waals surface area contributed by atoms with E-state index < -0.39 is 12.0 Å². The average molecular weight is 219 g/mol. The Kier molecular flexibility index (Phi) is 3.86. The topological polar surface area (TPSA) is 99.1 Å². The van der Waals surface area contributed by atoms with Crippen molar-refractivity contribution in [1.29, 1.82) is 5.26 Å². The van der Waals surface area contributed by atoms with Crippen molar-refractivity contribution >= 4 is 11.7 Å². The zero-order chi connectivity index (χ0) is 12.1. The number of nitrogens with two attached hydrogens (primary N) is 1. The summed E-state index contributed by atoms with van der Waals surface area (Å²) in [6.45, 7) is 2.00. The lowest BCUT2D eigenvalue weighted by atomic mass is 10.1. The van der Waals surface area contributed by atoms with Crippen LogP contribution in [0.25, 0.3) is 0 Å². The van der Waals surface area contributed by atoms with Crippen LogP contribution in [0.3, 0.4) is 0 Å². The molecule has 0 radical (unpaired) electrons. The molecule has 0 aliphatic rings. The molecule has 0 aliphatic heterocycles. The van der Waals surface area contributed by atoms with Crippen LogP contribution in [0.4, 0.5) is 5.69 Å². The predicted octanol–water partition coefficient (Wildman–Crippen LogP) is 0.691. The first kappa shape index (κ1) is 12.0. The van der Waals surface area contributed by atoms with Gasteiger partial charge in [0.15, 0.2) is 0 Å². The van der Waals surface area contributed by atoms with Gasteiger partial charge in [0.25, 0.3) is 0 Å². The maximum Gasteiger partial charge on any atom is 0.322 e. The molecule has 1 aromatic rings. The van der Waals surface area contributed by atoms with E-state index in [1.54, 1.807) is 18.2 Å². The number of aryl methyl sites for hydroxylation is 1. The lowest BCUT2D eigenvalue weighted by Crippen LogP contribution is -2.37. The van der Waals surface area contributed by atoms with E-state index in [1.165, 1.54) is 0 Å². The van der Waals surface area contributed by atoms with Crippen LogP contribution in [-0.2, 0) is 4.79 Å².